The minimum absolute atomic E-state index is 0.411. The Hall–Kier alpha value is -0.580. The third-order valence-corrected chi connectivity index (χ3v) is 4.04. The predicted octanol–water partition coefficient (Wildman–Crippen LogP) is 2.55. The van der Waals surface area contributed by atoms with E-state index in [4.69, 9.17) is 5.73 Å². The summed E-state index contributed by atoms with van der Waals surface area (Å²) in [7, 11) is 0. The highest BCUT2D eigenvalue weighted by molar-refractivity contribution is 9.10. The van der Waals surface area contributed by atoms with Crippen molar-refractivity contribution in [2.24, 2.45) is 0 Å². The molecule has 0 radical (unpaired) electrons. The van der Waals surface area contributed by atoms with Gasteiger partial charge in [0.2, 0.25) is 0 Å². The van der Waals surface area contributed by atoms with Crippen molar-refractivity contribution >= 4 is 21.6 Å². The highest BCUT2D eigenvalue weighted by Crippen LogP contribution is 2.25. The summed E-state index contributed by atoms with van der Waals surface area (Å²) in [6.45, 7) is 3.32. The lowest BCUT2D eigenvalue weighted by Crippen LogP contribution is -2.22. The second-order valence-corrected chi connectivity index (χ2v) is 5.49. The van der Waals surface area contributed by atoms with Crippen LogP contribution in [0.3, 0.4) is 0 Å². The van der Waals surface area contributed by atoms with Crippen LogP contribution in [0.1, 0.15) is 30.9 Å². The number of halogens is 1. The molecule has 3 N–H and O–H groups in total. The monoisotopic (exact) mass is 298 g/mol. The van der Waals surface area contributed by atoms with Gasteiger partial charge in [-0.05, 0) is 66.0 Å². The molecular formula is C13H19BrN2O. The van der Waals surface area contributed by atoms with Crippen molar-refractivity contribution in [2.45, 2.75) is 25.4 Å². The van der Waals surface area contributed by atoms with Crippen LogP contribution >= 0.6 is 15.9 Å². The maximum absolute atomic E-state index is 10.1. The molecule has 1 unspecified atom stereocenters. The fourth-order valence-electron chi connectivity index (χ4n) is 2.25. The van der Waals surface area contributed by atoms with Gasteiger partial charge < -0.3 is 15.7 Å². The minimum Gasteiger partial charge on any atom is -0.398 e. The first-order chi connectivity index (χ1) is 8.16. The molecular weight excluding hydrogens is 280 g/mol. The third kappa shape index (κ3) is 3.44. The summed E-state index contributed by atoms with van der Waals surface area (Å²) in [6.07, 6.45) is 2.95. The van der Waals surface area contributed by atoms with Gasteiger partial charge in [0, 0.05) is 16.7 Å². The van der Waals surface area contributed by atoms with E-state index in [1.165, 1.54) is 25.9 Å². The number of nitrogen functional groups attached to an aromatic ring is 1. The highest BCUT2D eigenvalue weighted by atomic mass is 79.9. The number of nitrogens with zero attached hydrogens (tertiary/aromatic N) is 1. The van der Waals surface area contributed by atoms with E-state index in [1.54, 1.807) is 0 Å². The van der Waals surface area contributed by atoms with E-state index < -0.39 is 6.10 Å². The van der Waals surface area contributed by atoms with E-state index in [1.807, 2.05) is 18.2 Å². The number of hydrogen-bond donors (Lipinski definition) is 2. The SMILES string of the molecule is Nc1cc(C(O)CCN2CCCC2)ccc1Br. The lowest BCUT2D eigenvalue weighted by atomic mass is 10.1. The van der Waals surface area contributed by atoms with Crippen molar-refractivity contribution in [3.05, 3.63) is 28.2 Å². The fraction of sp³-hybridized carbons (Fsp3) is 0.538. The molecule has 0 saturated carbocycles. The van der Waals surface area contributed by atoms with Crippen molar-refractivity contribution in [2.75, 3.05) is 25.4 Å². The Morgan fingerprint density at radius 2 is 2.06 bits per heavy atom. The van der Waals surface area contributed by atoms with E-state index in [2.05, 4.69) is 20.8 Å². The Balaban J connectivity index is 1.89. The molecule has 1 aromatic carbocycles. The summed E-state index contributed by atoms with van der Waals surface area (Å²) >= 11 is 3.36. The summed E-state index contributed by atoms with van der Waals surface area (Å²) in [5.41, 5.74) is 7.40. The Morgan fingerprint density at radius 3 is 2.71 bits per heavy atom. The number of rotatable bonds is 4. The molecule has 17 heavy (non-hydrogen) atoms. The van der Waals surface area contributed by atoms with Crippen molar-refractivity contribution in [1.29, 1.82) is 0 Å². The minimum atomic E-state index is -0.411. The molecule has 1 heterocycles. The number of anilines is 1. The Kier molecular flexibility index (Phi) is 4.42. The van der Waals surface area contributed by atoms with Gasteiger partial charge in [-0.25, -0.2) is 0 Å². The van der Waals surface area contributed by atoms with Crippen LogP contribution in [0.4, 0.5) is 5.69 Å². The zero-order valence-corrected chi connectivity index (χ0v) is 11.5. The van der Waals surface area contributed by atoms with Gasteiger partial charge >= 0.3 is 0 Å². The van der Waals surface area contributed by atoms with Gasteiger partial charge in [0.1, 0.15) is 0 Å². The van der Waals surface area contributed by atoms with Gasteiger partial charge in [-0.1, -0.05) is 6.07 Å². The zero-order chi connectivity index (χ0) is 12.3. The lowest BCUT2D eigenvalue weighted by molar-refractivity contribution is 0.149. The van der Waals surface area contributed by atoms with E-state index in [9.17, 15) is 5.11 Å². The van der Waals surface area contributed by atoms with Crippen molar-refractivity contribution < 1.29 is 5.11 Å². The first-order valence-corrected chi connectivity index (χ1v) is 6.91. The molecule has 3 nitrogen and oxygen atoms in total. The van der Waals surface area contributed by atoms with Crippen LogP contribution in [0.15, 0.2) is 22.7 Å². The van der Waals surface area contributed by atoms with Crippen LogP contribution < -0.4 is 5.73 Å². The molecule has 0 aliphatic carbocycles. The normalized spacial score (nSPS) is 18.5. The van der Waals surface area contributed by atoms with Crippen LogP contribution in [-0.2, 0) is 0 Å². The number of aliphatic hydroxyl groups is 1. The molecule has 1 aromatic rings. The summed E-state index contributed by atoms with van der Waals surface area (Å²) in [5.74, 6) is 0. The van der Waals surface area contributed by atoms with Crippen LogP contribution in [0, 0.1) is 0 Å². The molecule has 0 aromatic heterocycles. The number of likely N-dealkylation sites (tertiary alicyclic amines) is 1. The topological polar surface area (TPSA) is 49.5 Å². The average Bonchev–Trinajstić information content (AvgIpc) is 2.82. The van der Waals surface area contributed by atoms with E-state index in [0.717, 1.165) is 23.0 Å². The van der Waals surface area contributed by atoms with Gasteiger partial charge in [0.25, 0.3) is 0 Å². The lowest BCUT2D eigenvalue weighted by Gasteiger charge is -2.18. The molecule has 0 amide bonds. The second kappa shape index (κ2) is 5.85. The molecule has 1 aliphatic rings. The number of nitrogens with two attached hydrogens (primary N) is 1. The summed E-state index contributed by atoms with van der Waals surface area (Å²) in [4.78, 5) is 2.41. The number of hydrogen-bond acceptors (Lipinski definition) is 3. The molecule has 1 atom stereocenters. The van der Waals surface area contributed by atoms with Crippen molar-refractivity contribution in [3.63, 3.8) is 0 Å². The molecule has 0 bridgehead atoms. The maximum Gasteiger partial charge on any atom is 0.0803 e. The predicted molar refractivity (Wildman–Crippen MR) is 73.8 cm³/mol. The van der Waals surface area contributed by atoms with Gasteiger partial charge in [0.05, 0.1) is 6.10 Å². The van der Waals surface area contributed by atoms with E-state index >= 15 is 0 Å². The van der Waals surface area contributed by atoms with Gasteiger partial charge in [-0.2, -0.15) is 0 Å². The smallest absolute Gasteiger partial charge is 0.0803 e. The summed E-state index contributed by atoms with van der Waals surface area (Å²) in [6, 6.07) is 5.66. The van der Waals surface area contributed by atoms with Gasteiger partial charge in [-0.3, -0.25) is 0 Å². The molecule has 94 valence electrons. The molecule has 4 heteroatoms. The fourth-order valence-corrected chi connectivity index (χ4v) is 2.49. The summed E-state index contributed by atoms with van der Waals surface area (Å²) < 4.78 is 0.882. The molecule has 1 fully saturated rings. The van der Waals surface area contributed by atoms with Crippen LogP contribution in [-0.4, -0.2) is 29.6 Å². The van der Waals surface area contributed by atoms with E-state index in [-0.39, 0.29) is 0 Å². The molecule has 1 saturated heterocycles. The zero-order valence-electron chi connectivity index (χ0n) is 9.90. The van der Waals surface area contributed by atoms with Crippen LogP contribution in [0.5, 0.6) is 0 Å². The first-order valence-electron chi connectivity index (χ1n) is 6.12. The standard InChI is InChI=1S/C13H19BrN2O/c14-11-4-3-10(9-12(11)15)13(17)5-8-16-6-1-2-7-16/h3-4,9,13,17H,1-2,5-8,15H2. The Labute approximate surface area is 111 Å². The Morgan fingerprint density at radius 1 is 1.35 bits per heavy atom. The second-order valence-electron chi connectivity index (χ2n) is 4.63. The molecule has 0 spiro atoms. The highest BCUT2D eigenvalue weighted by Gasteiger charge is 2.14. The van der Waals surface area contributed by atoms with Crippen LogP contribution in [0.2, 0.25) is 0 Å². The Bertz CT molecular complexity index is 378. The number of aliphatic hydroxyl groups excluding tert-OH is 1. The van der Waals surface area contributed by atoms with E-state index in [0.29, 0.717) is 5.69 Å². The van der Waals surface area contributed by atoms with Gasteiger partial charge in [0.15, 0.2) is 0 Å². The number of benzene rings is 1. The largest absolute Gasteiger partial charge is 0.398 e. The van der Waals surface area contributed by atoms with Crippen molar-refractivity contribution in [1.82, 2.24) is 4.90 Å². The average molecular weight is 299 g/mol. The van der Waals surface area contributed by atoms with Crippen molar-refractivity contribution in [3.8, 4) is 0 Å². The first kappa shape index (κ1) is 12.9. The summed E-state index contributed by atoms with van der Waals surface area (Å²) in [5, 5.41) is 10.1. The molecule has 2 rings (SSSR count). The third-order valence-electron chi connectivity index (χ3n) is 3.32. The quantitative estimate of drug-likeness (QED) is 0.840. The molecule has 1 aliphatic heterocycles. The maximum atomic E-state index is 10.1. The van der Waals surface area contributed by atoms with Crippen LogP contribution in [0.25, 0.3) is 0 Å². The van der Waals surface area contributed by atoms with Gasteiger partial charge in [-0.15, -0.1) is 0 Å².